The Morgan fingerprint density at radius 1 is 1.12 bits per heavy atom. The zero-order valence-electron chi connectivity index (χ0n) is 10.6. The van der Waals surface area contributed by atoms with E-state index in [1.807, 2.05) is 17.4 Å². The van der Waals surface area contributed by atoms with Gasteiger partial charge < -0.3 is 0 Å². The van der Waals surface area contributed by atoms with Crippen LogP contribution in [0.4, 0.5) is 0 Å². The smallest absolute Gasteiger partial charge is 0.123 e. The summed E-state index contributed by atoms with van der Waals surface area (Å²) in [6.45, 7) is 4.43. The predicted molar refractivity (Wildman–Crippen MR) is 75.5 cm³/mol. The highest BCUT2D eigenvalue weighted by Gasteiger charge is 2.08. The summed E-state index contributed by atoms with van der Waals surface area (Å²) in [6.07, 6.45) is 4.96. The third-order valence-electron chi connectivity index (χ3n) is 2.93. The second-order valence-corrected chi connectivity index (χ2v) is 5.55. The third kappa shape index (κ3) is 3.16. The second-order valence-electron chi connectivity index (χ2n) is 4.35. The van der Waals surface area contributed by atoms with Gasteiger partial charge in [0.15, 0.2) is 0 Å². The standard InChI is InChI=1S/C15H19NS/c1-3-4-6-11-14-12(2)17-15(16-14)13-9-7-5-8-10-13/h5,7-10H,3-4,6,11H2,1-2H3. The molecule has 2 aromatic rings. The normalized spacial score (nSPS) is 10.7. The van der Waals surface area contributed by atoms with Crippen LogP contribution in [0.25, 0.3) is 10.6 Å². The molecule has 0 aliphatic heterocycles. The van der Waals surface area contributed by atoms with Gasteiger partial charge in [-0.05, 0) is 19.8 Å². The Morgan fingerprint density at radius 3 is 2.59 bits per heavy atom. The Labute approximate surface area is 108 Å². The Balaban J connectivity index is 2.13. The molecule has 1 nitrogen and oxygen atoms in total. The van der Waals surface area contributed by atoms with Crippen LogP contribution in [0.5, 0.6) is 0 Å². The molecule has 1 aromatic heterocycles. The fourth-order valence-electron chi connectivity index (χ4n) is 1.91. The summed E-state index contributed by atoms with van der Waals surface area (Å²) in [7, 11) is 0. The van der Waals surface area contributed by atoms with Gasteiger partial charge >= 0.3 is 0 Å². The first kappa shape index (κ1) is 12.3. The van der Waals surface area contributed by atoms with Crippen molar-refractivity contribution in [1.29, 1.82) is 0 Å². The molecule has 0 N–H and O–H groups in total. The zero-order chi connectivity index (χ0) is 12.1. The van der Waals surface area contributed by atoms with Crippen molar-refractivity contribution in [2.75, 3.05) is 0 Å². The number of rotatable bonds is 5. The van der Waals surface area contributed by atoms with E-state index < -0.39 is 0 Å². The van der Waals surface area contributed by atoms with E-state index in [-0.39, 0.29) is 0 Å². The molecule has 90 valence electrons. The number of aryl methyl sites for hydroxylation is 2. The molecule has 0 saturated heterocycles. The molecule has 1 aromatic carbocycles. The first-order chi connectivity index (χ1) is 8.31. The third-order valence-corrected chi connectivity index (χ3v) is 3.99. The van der Waals surface area contributed by atoms with E-state index >= 15 is 0 Å². The van der Waals surface area contributed by atoms with Crippen molar-refractivity contribution in [1.82, 2.24) is 4.98 Å². The number of aromatic nitrogens is 1. The van der Waals surface area contributed by atoms with Crippen LogP contribution in [0.2, 0.25) is 0 Å². The fraction of sp³-hybridized carbons (Fsp3) is 0.400. The Morgan fingerprint density at radius 2 is 1.88 bits per heavy atom. The maximum atomic E-state index is 4.77. The molecule has 0 fully saturated rings. The highest BCUT2D eigenvalue weighted by Crippen LogP contribution is 2.28. The number of hydrogen-bond acceptors (Lipinski definition) is 2. The van der Waals surface area contributed by atoms with Crippen molar-refractivity contribution in [3.8, 4) is 10.6 Å². The molecule has 0 bridgehead atoms. The van der Waals surface area contributed by atoms with Gasteiger partial charge in [0.2, 0.25) is 0 Å². The zero-order valence-corrected chi connectivity index (χ0v) is 11.4. The fourth-order valence-corrected chi connectivity index (χ4v) is 2.87. The van der Waals surface area contributed by atoms with Crippen molar-refractivity contribution >= 4 is 11.3 Å². The Bertz CT molecular complexity index is 459. The minimum atomic E-state index is 1.13. The lowest BCUT2D eigenvalue weighted by molar-refractivity contribution is 0.708. The molecule has 0 unspecified atom stereocenters. The van der Waals surface area contributed by atoms with Gasteiger partial charge in [-0.15, -0.1) is 11.3 Å². The van der Waals surface area contributed by atoms with E-state index in [1.54, 1.807) is 0 Å². The van der Waals surface area contributed by atoms with Crippen LogP contribution in [0, 0.1) is 6.92 Å². The monoisotopic (exact) mass is 245 g/mol. The van der Waals surface area contributed by atoms with Crippen LogP contribution < -0.4 is 0 Å². The SMILES string of the molecule is CCCCCc1nc(-c2ccccc2)sc1C. The minimum Gasteiger partial charge on any atom is -0.241 e. The van der Waals surface area contributed by atoms with E-state index in [1.165, 1.54) is 35.4 Å². The number of unbranched alkanes of at least 4 members (excludes halogenated alkanes) is 2. The molecular weight excluding hydrogens is 226 g/mol. The molecule has 0 spiro atoms. The average molecular weight is 245 g/mol. The maximum absolute atomic E-state index is 4.77. The lowest BCUT2D eigenvalue weighted by Gasteiger charge is -1.97. The Kier molecular flexibility index (Phi) is 4.32. The quantitative estimate of drug-likeness (QED) is 0.686. The summed E-state index contributed by atoms with van der Waals surface area (Å²) >= 11 is 1.81. The van der Waals surface area contributed by atoms with Crippen molar-refractivity contribution in [2.45, 2.75) is 39.5 Å². The van der Waals surface area contributed by atoms with Gasteiger partial charge in [0, 0.05) is 10.4 Å². The summed E-state index contributed by atoms with van der Waals surface area (Å²) in [5.74, 6) is 0. The maximum Gasteiger partial charge on any atom is 0.123 e. The molecule has 0 aliphatic rings. The van der Waals surface area contributed by atoms with Crippen LogP contribution in [-0.2, 0) is 6.42 Å². The molecule has 0 radical (unpaired) electrons. The molecule has 1 heterocycles. The van der Waals surface area contributed by atoms with Gasteiger partial charge in [-0.25, -0.2) is 4.98 Å². The predicted octanol–water partition coefficient (Wildman–Crippen LogP) is 4.85. The lowest BCUT2D eigenvalue weighted by Crippen LogP contribution is -1.88. The van der Waals surface area contributed by atoms with Gasteiger partial charge in [0.1, 0.15) is 5.01 Å². The molecule has 0 amide bonds. The number of benzene rings is 1. The summed E-state index contributed by atoms with van der Waals surface area (Å²) in [5.41, 5.74) is 2.53. The number of hydrogen-bond donors (Lipinski definition) is 0. The van der Waals surface area contributed by atoms with Crippen molar-refractivity contribution < 1.29 is 0 Å². The largest absolute Gasteiger partial charge is 0.241 e. The van der Waals surface area contributed by atoms with Crippen molar-refractivity contribution in [3.05, 3.63) is 40.9 Å². The van der Waals surface area contributed by atoms with Crippen molar-refractivity contribution in [3.63, 3.8) is 0 Å². The van der Waals surface area contributed by atoms with E-state index in [0.717, 1.165) is 11.4 Å². The summed E-state index contributed by atoms with van der Waals surface area (Å²) in [4.78, 5) is 6.15. The molecule has 2 rings (SSSR count). The van der Waals surface area contributed by atoms with Gasteiger partial charge in [-0.2, -0.15) is 0 Å². The first-order valence-corrected chi connectivity index (χ1v) is 7.14. The van der Waals surface area contributed by atoms with Gasteiger partial charge in [0.05, 0.1) is 5.69 Å². The van der Waals surface area contributed by atoms with Crippen LogP contribution in [0.1, 0.15) is 36.8 Å². The summed E-state index contributed by atoms with van der Waals surface area (Å²) in [5, 5.41) is 1.16. The molecule has 17 heavy (non-hydrogen) atoms. The van der Waals surface area contributed by atoms with Gasteiger partial charge in [-0.3, -0.25) is 0 Å². The van der Waals surface area contributed by atoms with Crippen LogP contribution >= 0.6 is 11.3 Å². The van der Waals surface area contributed by atoms with E-state index in [4.69, 9.17) is 4.98 Å². The average Bonchev–Trinajstić information content (AvgIpc) is 2.73. The second kappa shape index (κ2) is 5.97. The minimum absolute atomic E-state index is 1.13. The van der Waals surface area contributed by atoms with E-state index in [9.17, 15) is 0 Å². The van der Waals surface area contributed by atoms with Crippen LogP contribution in [0.15, 0.2) is 30.3 Å². The van der Waals surface area contributed by atoms with Gasteiger partial charge in [-0.1, -0.05) is 50.1 Å². The number of nitrogens with zero attached hydrogens (tertiary/aromatic N) is 1. The Hall–Kier alpha value is -1.15. The summed E-state index contributed by atoms with van der Waals surface area (Å²) in [6, 6.07) is 10.5. The molecule has 0 atom stereocenters. The van der Waals surface area contributed by atoms with Crippen LogP contribution in [0.3, 0.4) is 0 Å². The number of thiazole rings is 1. The molecule has 0 saturated carbocycles. The molecular formula is C15H19NS. The van der Waals surface area contributed by atoms with Gasteiger partial charge in [0.25, 0.3) is 0 Å². The van der Waals surface area contributed by atoms with E-state index in [0.29, 0.717) is 0 Å². The first-order valence-electron chi connectivity index (χ1n) is 6.33. The highest BCUT2D eigenvalue weighted by molar-refractivity contribution is 7.15. The molecule has 0 aliphatic carbocycles. The lowest BCUT2D eigenvalue weighted by atomic mass is 10.1. The van der Waals surface area contributed by atoms with Crippen molar-refractivity contribution in [2.24, 2.45) is 0 Å². The van der Waals surface area contributed by atoms with E-state index in [2.05, 4.69) is 38.1 Å². The summed E-state index contributed by atoms with van der Waals surface area (Å²) < 4.78 is 0. The topological polar surface area (TPSA) is 12.9 Å². The molecule has 2 heteroatoms. The van der Waals surface area contributed by atoms with Crippen LogP contribution in [-0.4, -0.2) is 4.98 Å². The highest BCUT2D eigenvalue weighted by atomic mass is 32.1.